The van der Waals surface area contributed by atoms with Gasteiger partial charge < -0.3 is 24.7 Å². The summed E-state index contributed by atoms with van der Waals surface area (Å²) in [7, 11) is 1.49. The van der Waals surface area contributed by atoms with Crippen LogP contribution in [0.25, 0.3) is 11.5 Å². The van der Waals surface area contributed by atoms with E-state index in [0.29, 0.717) is 42.4 Å². The number of likely N-dealkylation sites (tertiary alicyclic amines) is 1. The Labute approximate surface area is 202 Å². The van der Waals surface area contributed by atoms with Crippen molar-refractivity contribution in [3.63, 3.8) is 0 Å². The Morgan fingerprint density at radius 2 is 1.97 bits per heavy atom. The van der Waals surface area contributed by atoms with Crippen LogP contribution in [0, 0.1) is 5.82 Å². The van der Waals surface area contributed by atoms with Crippen LogP contribution in [0.4, 0.5) is 20.5 Å². The number of ether oxygens (including phenoxy) is 1. The van der Waals surface area contributed by atoms with Crippen LogP contribution in [0.5, 0.6) is 5.75 Å². The van der Waals surface area contributed by atoms with Gasteiger partial charge in [0.25, 0.3) is 11.8 Å². The number of carbonyl (C=O) groups excluding carboxylic acids is 1. The number of carbonyl (C=O) groups is 1. The number of hydrogen-bond acceptors (Lipinski definition) is 7. The van der Waals surface area contributed by atoms with Gasteiger partial charge in [0.2, 0.25) is 0 Å². The molecule has 2 N–H and O–H groups in total. The molecule has 1 aromatic heterocycles. The van der Waals surface area contributed by atoms with Gasteiger partial charge in [-0.25, -0.2) is 8.78 Å². The summed E-state index contributed by atoms with van der Waals surface area (Å²) >= 11 is 0. The number of rotatable bonds is 10. The fourth-order valence-corrected chi connectivity index (χ4v) is 3.97. The van der Waals surface area contributed by atoms with Crippen LogP contribution < -0.4 is 15.4 Å². The normalized spacial score (nSPS) is 14.6. The van der Waals surface area contributed by atoms with E-state index in [0.717, 1.165) is 32.5 Å². The third kappa shape index (κ3) is 6.54. The van der Waals surface area contributed by atoms with Crippen LogP contribution in [0.15, 0.2) is 46.9 Å². The average molecular weight is 486 g/mol. The molecule has 4 rings (SSSR count). The second-order valence-electron chi connectivity index (χ2n) is 8.41. The van der Waals surface area contributed by atoms with Crippen molar-refractivity contribution in [3.05, 3.63) is 53.8 Å². The first kappa shape index (κ1) is 24.6. The Morgan fingerprint density at radius 1 is 1.17 bits per heavy atom. The van der Waals surface area contributed by atoms with E-state index >= 15 is 0 Å². The van der Waals surface area contributed by atoms with Crippen molar-refractivity contribution in [3.8, 4) is 17.2 Å². The van der Waals surface area contributed by atoms with Gasteiger partial charge in [-0.1, -0.05) is 17.2 Å². The van der Waals surface area contributed by atoms with Gasteiger partial charge in [-0.2, -0.15) is 0 Å². The van der Waals surface area contributed by atoms with Crippen LogP contribution in [0.1, 0.15) is 36.0 Å². The van der Waals surface area contributed by atoms with Gasteiger partial charge >= 0.3 is 6.01 Å². The maximum atomic E-state index is 13.9. The minimum atomic E-state index is -0.646. The van der Waals surface area contributed by atoms with E-state index in [9.17, 15) is 13.6 Å². The molecule has 2 aromatic carbocycles. The summed E-state index contributed by atoms with van der Waals surface area (Å²) in [5.74, 6) is -0.469. The number of unbranched alkanes of at least 4 members (excludes halogenated alkanes) is 1. The summed E-state index contributed by atoms with van der Waals surface area (Å²) in [5.41, 5.74) is 0.952. The monoisotopic (exact) mass is 485 g/mol. The van der Waals surface area contributed by atoms with E-state index in [1.165, 1.54) is 25.3 Å². The summed E-state index contributed by atoms with van der Waals surface area (Å²) < 4.78 is 38.2. The van der Waals surface area contributed by atoms with Crippen molar-refractivity contribution in [1.29, 1.82) is 0 Å². The summed E-state index contributed by atoms with van der Waals surface area (Å²) in [4.78, 5) is 14.7. The Kier molecular flexibility index (Phi) is 8.25. The minimum Gasteiger partial charge on any atom is -0.496 e. The van der Waals surface area contributed by atoms with E-state index in [1.54, 1.807) is 24.3 Å². The highest BCUT2D eigenvalue weighted by Crippen LogP contribution is 2.32. The standard InChI is InChI=1S/C25H29F2N5O3/c1-34-22-16-18(29-23(33)19-6-2-3-7-21(19)27)8-9-20(22)24-30-31-25(35-24)28-12-4-5-13-32-14-10-17(26)11-15-32/h2-3,6-9,16-17H,4-5,10-15H2,1H3,(H,28,31)(H,29,33). The van der Waals surface area contributed by atoms with Gasteiger partial charge in [-0.05, 0) is 56.5 Å². The second-order valence-corrected chi connectivity index (χ2v) is 8.41. The highest BCUT2D eigenvalue weighted by molar-refractivity contribution is 6.04. The number of methoxy groups -OCH3 is 1. The first-order valence-corrected chi connectivity index (χ1v) is 11.7. The SMILES string of the molecule is COc1cc(NC(=O)c2ccccc2F)ccc1-c1nnc(NCCCCN2CCC(F)CC2)o1. The molecule has 0 saturated carbocycles. The zero-order chi connectivity index (χ0) is 24.6. The van der Waals surface area contributed by atoms with Crippen molar-refractivity contribution in [1.82, 2.24) is 15.1 Å². The van der Waals surface area contributed by atoms with Crippen LogP contribution >= 0.6 is 0 Å². The molecular formula is C25H29F2N5O3. The van der Waals surface area contributed by atoms with Gasteiger partial charge in [0.1, 0.15) is 17.7 Å². The van der Waals surface area contributed by atoms with Gasteiger partial charge in [-0.15, -0.1) is 5.10 Å². The first-order valence-electron chi connectivity index (χ1n) is 11.7. The number of amides is 1. The quantitative estimate of drug-likeness (QED) is 0.400. The number of aromatic nitrogens is 2. The van der Waals surface area contributed by atoms with Crippen molar-refractivity contribution >= 4 is 17.6 Å². The molecule has 0 bridgehead atoms. The molecule has 1 aliphatic rings. The molecule has 0 spiro atoms. The molecule has 1 amide bonds. The smallest absolute Gasteiger partial charge is 0.315 e. The lowest BCUT2D eigenvalue weighted by atomic mass is 10.1. The van der Waals surface area contributed by atoms with Crippen LogP contribution in [0.2, 0.25) is 0 Å². The van der Waals surface area contributed by atoms with Gasteiger partial charge in [-0.3, -0.25) is 4.79 Å². The number of halogens is 2. The summed E-state index contributed by atoms with van der Waals surface area (Å²) in [6.07, 6.45) is 2.54. The zero-order valence-corrected chi connectivity index (χ0v) is 19.6. The molecule has 2 heterocycles. The number of benzene rings is 2. The van der Waals surface area contributed by atoms with E-state index < -0.39 is 17.9 Å². The van der Waals surface area contributed by atoms with Gasteiger partial charge in [0.05, 0.1) is 18.2 Å². The van der Waals surface area contributed by atoms with Crippen molar-refractivity contribution < 1.29 is 22.7 Å². The van der Waals surface area contributed by atoms with E-state index in [1.807, 2.05) is 0 Å². The fraction of sp³-hybridized carbons (Fsp3) is 0.400. The summed E-state index contributed by atoms with van der Waals surface area (Å²) in [6.45, 7) is 3.30. The van der Waals surface area contributed by atoms with Crippen LogP contribution in [-0.4, -0.2) is 60.5 Å². The molecule has 1 saturated heterocycles. The van der Waals surface area contributed by atoms with Gasteiger partial charge in [0, 0.05) is 31.4 Å². The van der Waals surface area contributed by atoms with E-state index in [-0.39, 0.29) is 11.5 Å². The van der Waals surface area contributed by atoms with Crippen LogP contribution in [-0.2, 0) is 0 Å². The Morgan fingerprint density at radius 3 is 2.74 bits per heavy atom. The Hall–Kier alpha value is -3.53. The molecule has 10 heteroatoms. The van der Waals surface area contributed by atoms with Crippen LogP contribution in [0.3, 0.4) is 0 Å². The van der Waals surface area contributed by atoms with E-state index in [4.69, 9.17) is 9.15 Å². The maximum absolute atomic E-state index is 13.9. The molecule has 1 aliphatic heterocycles. The predicted molar refractivity (Wildman–Crippen MR) is 129 cm³/mol. The minimum absolute atomic E-state index is 0.0486. The molecule has 0 unspecified atom stereocenters. The lowest BCUT2D eigenvalue weighted by Crippen LogP contribution is -2.35. The number of nitrogens with zero attached hydrogens (tertiary/aromatic N) is 3. The number of nitrogens with one attached hydrogen (secondary N) is 2. The fourth-order valence-electron chi connectivity index (χ4n) is 3.97. The lowest BCUT2D eigenvalue weighted by molar-refractivity contribution is 0.102. The number of hydrogen-bond donors (Lipinski definition) is 2. The number of anilines is 2. The molecule has 8 nitrogen and oxygen atoms in total. The van der Waals surface area contributed by atoms with Crippen molar-refractivity contribution in [2.24, 2.45) is 0 Å². The summed E-state index contributed by atoms with van der Waals surface area (Å²) in [5, 5.41) is 13.9. The highest BCUT2D eigenvalue weighted by atomic mass is 19.1. The first-order chi connectivity index (χ1) is 17.0. The zero-order valence-electron chi connectivity index (χ0n) is 19.6. The van der Waals surface area contributed by atoms with E-state index in [2.05, 4.69) is 25.7 Å². The maximum Gasteiger partial charge on any atom is 0.315 e. The third-order valence-electron chi connectivity index (χ3n) is 5.93. The molecule has 3 aromatic rings. The molecule has 35 heavy (non-hydrogen) atoms. The highest BCUT2D eigenvalue weighted by Gasteiger charge is 2.18. The Balaban J connectivity index is 1.30. The van der Waals surface area contributed by atoms with Gasteiger partial charge in [0.15, 0.2) is 0 Å². The summed E-state index contributed by atoms with van der Waals surface area (Å²) in [6, 6.07) is 11.0. The van der Waals surface area contributed by atoms with Crippen molar-refractivity contribution in [2.45, 2.75) is 31.9 Å². The second kappa shape index (κ2) is 11.7. The van der Waals surface area contributed by atoms with Crippen molar-refractivity contribution in [2.75, 3.05) is 43.9 Å². The lowest BCUT2D eigenvalue weighted by Gasteiger charge is -2.28. The third-order valence-corrected chi connectivity index (χ3v) is 5.93. The largest absolute Gasteiger partial charge is 0.496 e. The molecular weight excluding hydrogens is 456 g/mol. The number of alkyl halides is 1. The average Bonchev–Trinajstić information content (AvgIpc) is 3.33. The molecule has 0 atom stereocenters. The number of piperidine rings is 1. The predicted octanol–water partition coefficient (Wildman–Crippen LogP) is 4.76. The molecule has 0 radical (unpaired) electrons. The molecule has 1 fully saturated rings. The topological polar surface area (TPSA) is 92.5 Å². The molecule has 186 valence electrons. The Bertz CT molecular complexity index is 1130. The molecule has 0 aliphatic carbocycles.